The third-order valence-corrected chi connectivity index (χ3v) is 0. The van der Waals surface area contributed by atoms with Gasteiger partial charge in [-0.05, 0) is 0 Å². The van der Waals surface area contributed by atoms with Crippen LogP contribution in [0.2, 0.25) is 0 Å². The number of hydrogen-bond donors (Lipinski definition) is 2. The van der Waals surface area contributed by atoms with E-state index in [9.17, 15) is 0 Å². The molecule has 0 spiro atoms. The first-order chi connectivity index (χ1) is 2.00. The number of rotatable bonds is 0. The van der Waals surface area contributed by atoms with E-state index in [0.717, 1.165) is 0 Å². The molecule has 52 valence electrons. The first-order valence-electron chi connectivity index (χ1n) is 0.698. The minimum atomic E-state index is -4.67. The zero-order valence-corrected chi connectivity index (χ0v) is 9.45. The Morgan fingerprint density at radius 3 is 1.22 bits per heavy atom. The molecule has 0 fully saturated rings. The van der Waals surface area contributed by atoms with E-state index in [0.29, 0.717) is 0 Å². The van der Waals surface area contributed by atoms with Crippen molar-refractivity contribution < 1.29 is 87.3 Å². The molecule has 0 aliphatic rings. The van der Waals surface area contributed by atoms with Gasteiger partial charge in [-0.25, -0.2) is 0 Å². The maximum Gasteiger partial charge on any atom is 1.00 e. The molecule has 0 rings (SSSR count). The molecule has 9 heavy (non-hydrogen) atoms. The third-order valence-electron chi connectivity index (χ3n) is 0. The molecule has 0 aromatic carbocycles. The van der Waals surface area contributed by atoms with E-state index in [2.05, 4.69) is 0 Å². The molecule has 0 saturated heterocycles. The van der Waals surface area contributed by atoms with Crippen molar-refractivity contribution in [1.29, 1.82) is 0 Å². The molecule has 0 radical (unpaired) electrons. The normalized spacial score (nSPS) is 6.44. The molecule has 9 heteroatoms. The van der Waals surface area contributed by atoms with E-state index in [4.69, 9.17) is 17.5 Å². The summed E-state index contributed by atoms with van der Waals surface area (Å²) in [5.74, 6) is 0. The Kier molecular flexibility index (Phi) is 44.0. The van der Waals surface area contributed by atoms with Gasteiger partial charge in [0.15, 0.2) is 17.4 Å². The van der Waals surface area contributed by atoms with Gasteiger partial charge < -0.3 is 1.43 Å². The van der Waals surface area contributed by atoms with Gasteiger partial charge in [-0.2, -0.15) is 8.42 Å². The van der Waals surface area contributed by atoms with E-state index < -0.39 is 10.4 Å². The van der Waals surface area contributed by atoms with Crippen LogP contribution < -0.4 is 29.6 Å². The Hall–Kier alpha value is 2.64. The van der Waals surface area contributed by atoms with E-state index in [1.165, 1.54) is 0 Å². The van der Waals surface area contributed by atoms with Crippen LogP contribution >= 0.6 is 0 Å². The molecule has 0 aromatic rings. The van der Waals surface area contributed by atoms with Crippen molar-refractivity contribution in [3.8, 4) is 0 Å². The second kappa shape index (κ2) is 13.2. The summed E-state index contributed by atoms with van der Waals surface area (Å²) in [6.45, 7) is 0. The third kappa shape index (κ3) is 114. The SMILES string of the molecule is O=S(=O)(O)O.[AlH3].[Fe].[H-].[Na+].[Ti]. The van der Waals surface area contributed by atoms with Gasteiger partial charge in [-0.15, -0.1) is 0 Å². The molecule has 0 aliphatic heterocycles. The van der Waals surface area contributed by atoms with E-state index in [-0.39, 0.29) is 87.1 Å². The van der Waals surface area contributed by atoms with Crippen molar-refractivity contribution in [2.24, 2.45) is 0 Å². The van der Waals surface area contributed by atoms with E-state index >= 15 is 0 Å². The summed E-state index contributed by atoms with van der Waals surface area (Å²) in [5, 5.41) is 0. The van der Waals surface area contributed by atoms with Crippen molar-refractivity contribution in [3.63, 3.8) is 0 Å². The predicted octanol–water partition coefficient (Wildman–Crippen LogP) is -4.73. The Morgan fingerprint density at radius 1 is 1.22 bits per heavy atom. The summed E-state index contributed by atoms with van der Waals surface area (Å²) >= 11 is 0. The second-order valence-corrected chi connectivity index (χ2v) is 1.34. The summed E-state index contributed by atoms with van der Waals surface area (Å²) in [5.41, 5.74) is 0. The van der Waals surface area contributed by atoms with Crippen molar-refractivity contribution in [2.75, 3.05) is 0 Å². The standard InChI is InChI=1S/Al.Fe.Na.H2O4S.Ti.4H/c;;;1-5(2,3)4;;;;;/h;;;(H2,1,2,3,4);;;;;/q;;+1;;;;;;-1. The van der Waals surface area contributed by atoms with Crippen LogP contribution in [0.5, 0.6) is 0 Å². The Bertz CT molecular complexity index is 108. The minimum Gasteiger partial charge on any atom is -1.00 e. The van der Waals surface area contributed by atoms with Crippen LogP contribution in [0.25, 0.3) is 0 Å². The molecular weight excluding hydrogens is 250 g/mol. The predicted molar refractivity (Wildman–Crippen MR) is 25.2 cm³/mol. The monoisotopic (exact) mass is 256 g/mol. The van der Waals surface area contributed by atoms with Gasteiger partial charge in [-0.1, -0.05) is 0 Å². The van der Waals surface area contributed by atoms with Gasteiger partial charge in [0.1, 0.15) is 0 Å². The topological polar surface area (TPSA) is 74.6 Å². The molecule has 0 bridgehead atoms. The maximum absolute atomic E-state index is 8.74. The Labute approximate surface area is 113 Å². The zero-order chi connectivity index (χ0) is 4.50. The van der Waals surface area contributed by atoms with Gasteiger partial charge in [0, 0.05) is 38.8 Å². The summed E-state index contributed by atoms with van der Waals surface area (Å²) in [7, 11) is -4.67. The van der Waals surface area contributed by atoms with E-state index in [1.54, 1.807) is 0 Å². The largest absolute Gasteiger partial charge is 1.00 e. The molecule has 0 aliphatic carbocycles. The van der Waals surface area contributed by atoms with E-state index in [1.807, 2.05) is 0 Å². The average Bonchev–Trinajstić information content (AvgIpc) is 0.722. The van der Waals surface area contributed by atoms with Crippen LogP contribution in [0.3, 0.4) is 0 Å². The molecule has 0 aromatic heterocycles. The van der Waals surface area contributed by atoms with Crippen LogP contribution in [-0.4, -0.2) is 34.9 Å². The van der Waals surface area contributed by atoms with Crippen LogP contribution in [0.15, 0.2) is 0 Å². The summed E-state index contributed by atoms with van der Waals surface area (Å²) < 4.78 is 31.6. The van der Waals surface area contributed by atoms with Crippen molar-refractivity contribution in [1.82, 2.24) is 0 Å². The van der Waals surface area contributed by atoms with Crippen LogP contribution in [-0.2, 0) is 49.2 Å². The maximum atomic E-state index is 8.74. The fourth-order valence-electron chi connectivity index (χ4n) is 0. The van der Waals surface area contributed by atoms with Crippen molar-refractivity contribution in [2.45, 2.75) is 0 Å². The molecular formula is H6AlFeNaO4STi. The quantitative estimate of drug-likeness (QED) is 0.337. The minimum absolute atomic E-state index is 0. The fourth-order valence-corrected chi connectivity index (χ4v) is 0. The summed E-state index contributed by atoms with van der Waals surface area (Å²) in [4.78, 5) is 0. The first kappa shape index (κ1) is 29.9. The zero-order valence-electron chi connectivity index (χ0n) is 4.97. The molecule has 0 amide bonds. The van der Waals surface area contributed by atoms with Gasteiger partial charge >= 0.3 is 40.0 Å². The number of hydrogen-bond acceptors (Lipinski definition) is 2. The molecule has 0 heterocycles. The van der Waals surface area contributed by atoms with Gasteiger partial charge in [0.25, 0.3) is 0 Å². The summed E-state index contributed by atoms with van der Waals surface area (Å²) in [6, 6.07) is 0. The van der Waals surface area contributed by atoms with Crippen LogP contribution in [0, 0.1) is 0 Å². The van der Waals surface area contributed by atoms with Crippen LogP contribution in [0.1, 0.15) is 1.43 Å². The average molecular weight is 256 g/mol. The molecule has 4 nitrogen and oxygen atoms in total. The van der Waals surface area contributed by atoms with Crippen LogP contribution in [0.4, 0.5) is 0 Å². The fraction of sp³-hybridized carbons (Fsp3) is 0. The van der Waals surface area contributed by atoms with Gasteiger partial charge in [0.2, 0.25) is 0 Å². The molecule has 0 saturated carbocycles. The van der Waals surface area contributed by atoms with Gasteiger partial charge in [0.05, 0.1) is 0 Å². The van der Waals surface area contributed by atoms with Gasteiger partial charge in [-0.3, -0.25) is 9.11 Å². The second-order valence-electron chi connectivity index (χ2n) is 0.448. The smallest absolute Gasteiger partial charge is 1.00 e. The molecule has 0 atom stereocenters. The molecule has 0 unspecified atom stereocenters. The molecule has 2 N–H and O–H groups in total. The summed E-state index contributed by atoms with van der Waals surface area (Å²) in [6.07, 6.45) is 0. The first-order valence-corrected chi connectivity index (χ1v) is 2.10. The van der Waals surface area contributed by atoms with Crippen molar-refractivity contribution >= 4 is 27.8 Å². The Balaban J connectivity index is -0.00000000800. The Morgan fingerprint density at radius 2 is 1.22 bits per heavy atom. The van der Waals surface area contributed by atoms with Crippen molar-refractivity contribution in [3.05, 3.63) is 0 Å².